The second-order valence-corrected chi connectivity index (χ2v) is 12.3. The van der Waals surface area contributed by atoms with Gasteiger partial charge in [0.25, 0.3) is 5.91 Å². The molecule has 0 heterocycles. The Morgan fingerprint density at radius 2 is 1.61 bits per heavy atom. The molecule has 244 valence electrons. The van der Waals surface area contributed by atoms with Gasteiger partial charge in [0.15, 0.2) is 0 Å². The predicted octanol–water partition coefficient (Wildman–Crippen LogP) is 6.46. The van der Waals surface area contributed by atoms with Crippen molar-refractivity contribution in [2.24, 2.45) is 5.73 Å². The SMILES string of the molecule is C#Cc1ccccc1C(C(=O)Nc1ccc2ccccc2c1)N(CCCCCCC)C(=O)C(CCC(N)=O)NC(=O)OC(C)(C)C. The molecule has 46 heavy (non-hydrogen) atoms. The van der Waals surface area contributed by atoms with E-state index < -0.39 is 41.5 Å². The standard InChI is InChI=1S/C37H46N4O5/c1-6-8-9-10-15-24-41(35(44)31(22-23-32(38)42)40-36(45)46-37(3,4)5)33(30-19-14-13-16-26(30)7-2)34(43)39-29-21-20-27-17-11-12-18-28(27)25-29/h2,11-14,16-21,25,31,33H,6,8-10,15,22-24H2,1,3-5H3,(H2,38,42)(H,39,43)(H,40,45). The summed E-state index contributed by atoms with van der Waals surface area (Å²) >= 11 is 0. The minimum atomic E-state index is -1.19. The molecule has 2 atom stereocenters. The number of hydrogen-bond acceptors (Lipinski definition) is 5. The van der Waals surface area contributed by atoms with E-state index in [1.807, 2.05) is 36.4 Å². The van der Waals surface area contributed by atoms with E-state index in [1.165, 1.54) is 4.90 Å². The molecule has 3 rings (SSSR count). The summed E-state index contributed by atoms with van der Waals surface area (Å²) in [7, 11) is 0. The Balaban J connectivity index is 2.08. The van der Waals surface area contributed by atoms with Gasteiger partial charge < -0.3 is 26.0 Å². The number of nitrogens with two attached hydrogens (primary N) is 1. The van der Waals surface area contributed by atoms with Crippen LogP contribution in [-0.2, 0) is 19.1 Å². The summed E-state index contributed by atoms with van der Waals surface area (Å²) in [6, 6.07) is 18.0. The molecule has 0 aliphatic carbocycles. The molecule has 0 saturated heterocycles. The van der Waals surface area contributed by atoms with E-state index in [2.05, 4.69) is 23.5 Å². The van der Waals surface area contributed by atoms with E-state index in [1.54, 1.807) is 51.1 Å². The third-order valence-corrected chi connectivity index (χ3v) is 7.44. The topological polar surface area (TPSA) is 131 Å². The predicted molar refractivity (Wildman–Crippen MR) is 182 cm³/mol. The van der Waals surface area contributed by atoms with Crippen LogP contribution < -0.4 is 16.4 Å². The number of anilines is 1. The number of carbonyl (C=O) groups excluding carboxylic acids is 4. The second kappa shape index (κ2) is 17.0. The first-order valence-electron chi connectivity index (χ1n) is 15.9. The van der Waals surface area contributed by atoms with Crippen LogP contribution in [0.1, 0.15) is 89.8 Å². The van der Waals surface area contributed by atoms with Crippen LogP contribution in [0.4, 0.5) is 10.5 Å². The summed E-state index contributed by atoms with van der Waals surface area (Å²) in [6.07, 6.45) is 9.33. The summed E-state index contributed by atoms with van der Waals surface area (Å²) in [5.74, 6) is 1.01. The minimum absolute atomic E-state index is 0.0739. The van der Waals surface area contributed by atoms with Crippen molar-refractivity contribution in [3.63, 3.8) is 0 Å². The van der Waals surface area contributed by atoms with Gasteiger partial charge in [-0.15, -0.1) is 6.42 Å². The average Bonchev–Trinajstić information content (AvgIpc) is 3.01. The highest BCUT2D eigenvalue weighted by Crippen LogP contribution is 2.29. The average molecular weight is 627 g/mol. The Labute approximate surface area is 272 Å². The number of ether oxygens (including phenoxy) is 1. The first kappa shape index (κ1) is 35.6. The van der Waals surface area contributed by atoms with Gasteiger partial charge in [0.2, 0.25) is 11.8 Å². The fraction of sp³-hybridized carbons (Fsp3) is 0.405. The van der Waals surface area contributed by atoms with E-state index in [-0.39, 0.29) is 19.4 Å². The lowest BCUT2D eigenvalue weighted by molar-refractivity contribution is -0.141. The first-order chi connectivity index (χ1) is 21.9. The Morgan fingerprint density at radius 1 is 0.935 bits per heavy atom. The number of benzene rings is 3. The number of rotatable bonds is 15. The Hall–Kier alpha value is -4.84. The largest absolute Gasteiger partial charge is 0.444 e. The smallest absolute Gasteiger partial charge is 0.408 e. The Kier molecular flexibility index (Phi) is 13.2. The van der Waals surface area contributed by atoms with Gasteiger partial charge in [-0.3, -0.25) is 14.4 Å². The quantitative estimate of drug-likeness (QED) is 0.132. The van der Waals surface area contributed by atoms with E-state index in [0.29, 0.717) is 23.2 Å². The van der Waals surface area contributed by atoms with Gasteiger partial charge in [0.1, 0.15) is 17.7 Å². The van der Waals surface area contributed by atoms with Crippen LogP contribution in [0, 0.1) is 12.3 Å². The maximum atomic E-state index is 14.5. The fourth-order valence-corrected chi connectivity index (χ4v) is 5.24. The number of hydrogen-bond donors (Lipinski definition) is 3. The third kappa shape index (κ3) is 10.7. The molecular weight excluding hydrogens is 580 g/mol. The summed E-state index contributed by atoms with van der Waals surface area (Å²) in [6.45, 7) is 7.45. The summed E-state index contributed by atoms with van der Waals surface area (Å²) in [4.78, 5) is 55.0. The van der Waals surface area contributed by atoms with Gasteiger partial charge in [0.05, 0.1) is 0 Å². The molecule has 2 unspecified atom stereocenters. The van der Waals surface area contributed by atoms with Crippen molar-refractivity contribution >= 4 is 40.3 Å². The lowest BCUT2D eigenvalue weighted by Crippen LogP contribution is -2.53. The molecule has 0 spiro atoms. The highest BCUT2D eigenvalue weighted by Gasteiger charge is 2.37. The van der Waals surface area contributed by atoms with Gasteiger partial charge in [-0.25, -0.2) is 4.79 Å². The summed E-state index contributed by atoms with van der Waals surface area (Å²) in [5.41, 5.74) is 6.10. The molecule has 0 radical (unpaired) electrons. The zero-order valence-electron chi connectivity index (χ0n) is 27.3. The van der Waals surface area contributed by atoms with Crippen LogP contribution >= 0.6 is 0 Å². The van der Waals surface area contributed by atoms with Crippen molar-refractivity contribution < 1.29 is 23.9 Å². The lowest BCUT2D eigenvalue weighted by atomic mass is 9.96. The Morgan fingerprint density at radius 3 is 2.28 bits per heavy atom. The highest BCUT2D eigenvalue weighted by molar-refractivity contribution is 6.00. The second-order valence-electron chi connectivity index (χ2n) is 12.3. The van der Waals surface area contributed by atoms with Crippen LogP contribution in [0.25, 0.3) is 10.8 Å². The first-order valence-corrected chi connectivity index (χ1v) is 15.9. The molecule has 0 aliphatic rings. The molecule has 3 aromatic carbocycles. The van der Waals surface area contributed by atoms with Crippen LogP contribution in [0.15, 0.2) is 66.7 Å². The molecule has 0 aromatic heterocycles. The molecule has 9 nitrogen and oxygen atoms in total. The normalized spacial score (nSPS) is 12.4. The van der Waals surface area contributed by atoms with Gasteiger partial charge in [-0.2, -0.15) is 0 Å². The minimum Gasteiger partial charge on any atom is -0.444 e. The Bertz CT molecular complexity index is 1560. The number of alkyl carbamates (subject to hydrolysis) is 1. The van der Waals surface area contributed by atoms with E-state index in [0.717, 1.165) is 36.5 Å². The summed E-state index contributed by atoms with van der Waals surface area (Å²) in [5, 5.41) is 7.59. The van der Waals surface area contributed by atoms with E-state index >= 15 is 0 Å². The molecule has 9 heteroatoms. The van der Waals surface area contributed by atoms with Crippen LogP contribution in [-0.4, -0.2) is 46.9 Å². The number of nitrogens with zero attached hydrogens (tertiary/aromatic N) is 1. The molecule has 0 fully saturated rings. The molecule has 3 aromatic rings. The van der Waals surface area contributed by atoms with E-state index in [4.69, 9.17) is 16.9 Å². The van der Waals surface area contributed by atoms with Gasteiger partial charge in [0, 0.05) is 24.2 Å². The summed E-state index contributed by atoms with van der Waals surface area (Å²) < 4.78 is 5.43. The molecular formula is C37H46N4O5. The van der Waals surface area contributed by atoms with Crippen LogP contribution in [0.2, 0.25) is 0 Å². The van der Waals surface area contributed by atoms with Gasteiger partial charge in [-0.1, -0.05) is 87.1 Å². The lowest BCUT2D eigenvalue weighted by Gasteiger charge is -2.35. The molecule has 0 bridgehead atoms. The fourth-order valence-electron chi connectivity index (χ4n) is 5.24. The van der Waals surface area contributed by atoms with E-state index in [9.17, 15) is 19.2 Å². The third-order valence-electron chi connectivity index (χ3n) is 7.44. The highest BCUT2D eigenvalue weighted by atomic mass is 16.6. The van der Waals surface area contributed by atoms with Gasteiger partial charge >= 0.3 is 6.09 Å². The number of terminal acetylenes is 1. The number of primary amides is 1. The zero-order chi connectivity index (χ0) is 33.7. The number of carbonyl (C=O) groups is 4. The molecule has 4 N–H and O–H groups in total. The zero-order valence-corrected chi connectivity index (χ0v) is 27.3. The monoisotopic (exact) mass is 626 g/mol. The maximum Gasteiger partial charge on any atom is 0.408 e. The van der Waals surface area contributed by atoms with Crippen molar-refractivity contribution in [1.29, 1.82) is 0 Å². The van der Waals surface area contributed by atoms with Crippen molar-refractivity contribution in [3.8, 4) is 12.3 Å². The number of fused-ring (bicyclic) bond motifs is 1. The number of nitrogens with one attached hydrogen (secondary N) is 2. The number of unbranched alkanes of at least 4 members (excludes halogenated alkanes) is 4. The van der Waals surface area contributed by atoms with Crippen molar-refractivity contribution in [2.75, 3.05) is 11.9 Å². The molecule has 0 aliphatic heterocycles. The van der Waals surface area contributed by atoms with Crippen molar-refractivity contribution in [2.45, 2.75) is 90.3 Å². The number of amides is 4. The molecule has 0 saturated carbocycles. The van der Waals surface area contributed by atoms with Crippen LogP contribution in [0.3, 0.4) is 0 Å². The van der Waals surface area contributed by atoms with Gasteiger partial charge in [-0.05, 0) is 68.1 Å². The van der Waals surface area contributed by atoms with Crippen molar-refractivity contribution in [1.82, 2.24) is 10.2 Å². The van der Waals surface area contributed by atoms with Crippen molar-refractivity contribution in [3.05, 3.63) is 77.9 Å². The maximum absolute atomic E-state index is 14.5. The molecule has 4 amide bonds. The van der Waals surface area contributed by atoms with Crippen LogP contribution in [0.5, 0.6) is 0 Å².